The van der Waals surface area contributed by atoms with Crippen molar-refractivity contribution in [1.29, 1.82) is 0 Å². The normalized spacial score (nSPS) is 18.2. The van der Waals surface area contributed by atoms with Crippen LogP contribution in [-0.4, -0.2) is 29.3 Å². The topological polar surface area (TPSA) is 71.5 Å². The summed E-state index contributed by atoms with van der Waals surface area (Å²) in [5.74, 6) is -4.27. The molecule has 0 spiro atoms. The minimum atomic E-state index is -4.72. The standard InChI is InChI=1S/C25H21F7N2O3S2/c1-37-20-9-16(23(35)36)18(26)10-19(20)34-39-21-11-38-22(33-21)15-7-4-13(8-17(15)25(30,31)32)12-2-5-14(6-3-12)24(27,28)29/h4,7-12,14,34H,2-3,5-6H2,1H3,(H,35,36). The highest BCUT2D eigenvalue weighted by atomic mass is 32.2. The number of thiazole rings is 1. The van der Waals surface area contributed by atoms with Gasteiger partial charge in [0.15, 0.2) is 0 Å². The highest BCUT2D eigenvalue weighted by molar-refractivity contribution is 8.00. The number of aromatic nitrogens is 1. The lowest BCUT2D eigenvalue weighted by Crippen LogP contribution is -2.27. The number of carboxylic acids is 1. The van der Waals surface area contributed by atoms with Gasteiger partial charge in [0, 0.05) is 29.0 Å². The van der Waals surface area contributed by atoms with Gasteiger partial charge in [-0.05, 0) is 49.3 Å². The highest BCUT2D eigenvalue weighted by Gasteiger charge is 2.42. The smallest absolute Gasteiger partial charge is 0.417 e. The molecule has 1 aromatic heterocycles. The summed E-state index contributed by atoms with van der Waals surface area (Å²) in [7, 11) is 1.26. The van der Waals surface area contributed by atoms with E-state index in [4.69, 9.17) is 9.84 Å². The maximum Gasteiger partial charge on any atom is 0.417 e. The van der Waals surface area contributed by atoms with Crippen molar-refractivity contribution in [2.45, 2.75) is 49.0 Å². The van der Waals surface area contributed by atoms with Crippen molar-refractivity contribution in [3.05, 3.63) is 58.2 Å². The number of carboxylic acid groups (broad SMARTS) is 1. The van der Waals surface area contributed by atoms with Crippen molar-refractivity contribution in [3.63, 3.8) is 0 Å². The SMILES string of the molecule is COc1cc(C(=O)O)c(F)cc1NSc1csc(-c2ccc(C3CCC(C(F)(F)F)CC3)cc2C(F)(F)F)n1. The fourth-order valence-electron chi connectivity index (χ4n) is 4.49. The Kier molecular flexibility index (Phi) is 8.36. The molecule has 210 valence electrons. The number of methoxy groups -OCH3 is 1. The number of hydrogen-bond acceptors (Lipinski definition) is 6. The molecule has 0 atom stereocenters. The number of ether oxygens (including phenoxy) is 1. The molecule has 1 fully saturated rings. The van der Waals surface area contributed by atoms with Crippen LogP contribution < -0.4 is 9.46 Å². The third-order valence-electron chi connectivity index (χ3n) is 6.51. The predicted molar refractivity (Wildman–Crippen MR) is 133 cm³/mol. The van der Waals surface area contributed by atoms with E-state index in [2.05, 4.69) is 9.71 Å². The van der Waals surface area contributed by atoms with Gasteiger partial charge in [-0.25, -0.2) is 14.2 Å². The van der Waals surface area contributed by atoms with Gasteiger partial charge in [0.05, 0.1) is 29.8 Å². The number of aromatic carboxylic acids is 1. The monoisotopic (exact) mass is 594 g/mol. The molecule has 5 nitrogen and oxygen atoms in total. The number of rotatable bonds is 7. The number of nitrogens with one attached hydrogen (secondary N) is 1. The summed E-state index contributed by atoms with van der Waals surface area (Å²) < 4.78 is 103. The van der Waals surface area contributed by atoms with Crippen LogP contribution in [0.25, 0.3) is 10.6 Å². The van der Waals surface area contributed by atoms with Gasteiger partial charge in [0.25, 0.3) is 0 Å². The summed E-state index contributed by atoms with van der Waals surface area (Å²) >= 11 is 1.82. The summed E-state index contributed by atoms with van der Waals surface area (Å²) in [6.45, 7) is 0. The summed E-state index contributed by atoms with van der Waals surface area (Å²) in [5.41, 5.74) is -1.24. The number of benzene rings is 2. The minimum absolute atomic E-state index is 0.0379. The summed E-state index contributed by atoms with van der Waals surface area (Å²) in [5, 5.41) is 10.9. The first-order valence-corrected chi connectivity index (χ1v) is 13.2. The second-order valence-electron chi connectivity index (χ2n) is 8.93. The van der Waals surface area contributed by atoms with Crippen molar-refractivity contribution in [2.24, 2.45) is 5.92 Å². The van der Waals surface area contributed by atoms with Crippen molar-refractivity contribution in [3.8, 4) is 16.3 Å². The number of anilines is 1. The number of hydrogen-bond donors (Lipinski definition) is 2. The lowest BCUT2D eigenvalue weighted by molar-refractivity contribution is -0.182. The predicted octanol–water partition coefficient (Wildman–Crippen LogP) is 8.63. The van der Waals surface area contributed by atoms with Gasteiger partial charge in [-0.2, -0.15) is 26.3 Å². The van der Waals surface area contributed by atoms with Gasteiger partial charge in [0.2, 0.25) is 0 Å². The maximum absolute atomic E-state index is 14.1. The molecule has 0 aliphatic heterocycles. The maximum atomic E-state index is 14.1. The lowest BCUT2D eigenvalue weighted by atomic mass is 9.78. The molecule has 2 aromatic carbocycles. The largest absolute Gasteiger partial charge is 0.495 e. The van der Waals surface area contributed by atoms with Crippen LogP contribution in [0.2, 0.25) is 0 Å². The molecule has 0 unspecified atom stereocenters. The second-order valence-corrected chi connectivity index (χ2v) is 10.6. The molecule has 4 rings (SSSR count). The molecule has 0 bridgehead atoms. The highest BCUT2D eigenvalue weighted by Crippen LogP contribution is 2.46. The molecule has 3 aromatic rings. The summed E-state index contributed by atoms with van der Waals surface area (Å²) in [6, 6.07) is 5.72. The molecule has 0 amide bonds. The van der Waals surface area contributed by atoms with E-state index in [-0.39, 0.29) is 52.7 Å². The van der Waals surface area contributed by atoms with E-state index in [1.165, 1.54) is 24.6 Å². The molecule has 1 aliphatic rings. The van der Waals surface area contributed by atoms with Crippen LogP contribution in [0.4, 0.5) is 36.4 Å². The van der Waals surface area contributed by atoms with Crippen molar-refractivity contribution < 1.29 is 45.4 Å². The van der Waals surface area contributed by atoms with Crippen LogP contribution >= 0.6 is 23.3 Å². The molecule has 0 saturated heterocycles. The molecule has 1 saturated carbocycles. The number of alkyl halides is 6. The zero-order chi connectivity index (χ0) is 28.5. The third-order valence-corrected chi connectivity index (χ3v) is 8.27. The van der Waals surface area contributed by atoms with Crippen molar-refractivity contribution >= 4 is 34.9 Å². The molecular formula is C25H21F7N2O3S2. The van der Waals surface area contributed by atoms with E-state index in [1.807, 2.05) is 0 Å². The molecular weight excluding hydrogens is 573 g/mol. The van der Waals surface area contributed by atoms with Gasteiger partial charge >= 0.3 is 18.3 Å². The van der Waals surface area contributed by atoms with Crippen molar-refractivity contribution in [1.82, 2.24) is 4.98 Å². The first kappa shape index (κ1) is 29.0. The molecule has 14 heteroatoms. The van der Waals surface area contributed by atoms with E-state index in [9.17, 15) is 35.5 Å². The minimum Gasteiger partial charge on any atom is -0.495 e. The van der Waals surface area contributed by atoms with Crippen LogP contribution in [0.3, 0.4) is 0 Å². The molecule has 0 radical (unpaired) electrons. The Labute approximate surface area is 226 Å². The Balaban J connectivity index is 1.53. The van der Waals surface area contributed by atoms with Crippen LogP contribution in [0.15, 0.2) is 40.7 Å². The fraction of sp³-hybridized carbons (Fsp3) is 0.360. The fourth-order valence-corrected chi connectivity index (χ4v) is 6.12. The number of carbonyl (C=O) groups is 1. The van der Waals surface area contributed by atoms with Crippen LogP contribution in [0.5, 0.6) is 5.75 Å². The van der Waals surface area contributed by atoms with E-state index in [0.717, 1.165) is 41.5 Å². The zero-order valence-electron chi connectivity index (χ0n) is 20.1. The number of nitrogens with zero attached hydrogens (tertiary/aromatic N) is 1. The summed E-state index contributed by atoms with van der Waals surface area (Å²) in [6.07, 6.45) is -8.95. The Hall–Kier alpha value is -3.00. The van der Waals surface area contributed by atoms with Gasteiger partial charge < -0.3 is 14.6 Å². The van der Waals surface area contributed by atoms with Crippen LogP contribution in [0.1, 0.15) is 53.1 Å². The van der Waals surface area contributed by atoms with Gasteiger partial charge in [0.1, 0.15) is 21.6 Å². The first-order chi connectivity index (χ1) is 18.3. The number of halogens is 7. The Bertz CT molecular complexity index is 1350. The van der Waals surface area contributed by atoms with E-state index in [0.29, 0.717) is 5.56 Å². The molecule has 2 N–H and O–H groups in total. The van der Waals surface area contributed by atoms with E-state index >= 15 is 0 Å². The Morgan fingerprint density at radius 3 is 2.38 bits per heavy atom. The average molecular weight is 595 g/mol. The molecule has 39 heavy (non-hydrogen) atoms. The lowest BCUT2D eigenvalue weighted by Gasteiger charge is -2.30. The average Bonchev–Trinajstić information content (AvgIpc) is 3.35. The van der Waals surface area contributed by atoms with Gasteiger partial charge in [-0.15, -0.1) is 11.3 Å². The second kappa shape index (κ2) is 11.2. The molecule has 1 aliphatic carbocycles. The van der Waals surface area contributed by atoms with Gasteiger partial charge in [-0.1, -0.05) is 12.1 Å². The quantitative estimate of drug-likeness (QED) is 0.211. The third kappa shape index (κ3) is 6.60. The summed E-state index contributed by atoms with van der Waals surface area (Å²) in [4.78, 5) is 15.4. The van der Waals surface area contributed by atoms with Gasteiger partial charge in [-0.3, -0.25) is 0 Å². The zero-order valence-corrected chi connectivity index (χ0v) is 21.8. The van der Waals surface area contributed by atoms with Crippen LogP contribution in [-0.2, 0) is 6.18 Å². The molecule has 1 heterocycles. The van der Waals surface area contributed by atoms with E-state index in [1.54, 1.807) is 0 Å². The van der Waals surface area contributed by atoms with Crippen molar-refractivity contribution in [2.75, 3.05) is 11.8 Å². The Morgan fingerprint density at radius 2 is 1.79 bits per heavy atom. The van der Waals surface area contributed by atoms with E-state index < -0.39 is 47.1 Å². The Morgan fingerprint density at radius 1 is 1.10 bits per heavy atom. The van der Waals surface area contributed by atoms with Crippen LogP contribution in [0, 0.1) is 11.7 Å². The first-order valence-electron chi connectivity index (χ1n) is 11.6.